The second-order valence-corrected chi connectivity index (χ2v) is 9.09. The Hall–Kier alpha value is -4.22. The Morgan fingerprint density at radius 1 is 1.05 bits per heavy atom. The van der Waals surface area contributed by atoms with Gasteiger partial charge in [0.1, 0.15) is 18.5 Å². The monoisotopic (exact) mass is 526 g/mol. The molecule has 0 bridgehead atoms. The number of aliphatic carboxylic acids is 2. The van der Waals surface area contributed by atoms with Crippen molar-refractivity contribution in [2.45, 2.75) is 38.2 Å². The van der Waals surface area contributed by atoms with Gasteiger partial charge < -0.3 is 30.1 Å². The van der Waals surface area contributed by atoms with Gasteiger partial charge in [-0.2, -0.15) is 0 Å². The number of aliphatic hydroxyl groups is 2. The first kappa shape index (κ1) is 28.4. The average molecular weight is 527 g/mol. The van der Waals surface area contributed by atoms with E-state index in [1.54, 1.807) is 45.2 Å². The summed E-state index contributed by atoms with van der Waals surface area (Å²) in [6.07, 6.45) is -0.786. The Balaban J connectivity index is 2.15. The van der Waals surface area contributed by atoms with Gasteiger partial charge in [0.25, 0.3) is 5.69 Å². The number of carbonyl (C=O) groups is 2. The SMILES string of the molecule is CC1=C(C(=O)O)C(CCc2ccc(OCC(O)CO)cc2)(c2cccc([N+](=O)[O-])c2)C(C(=O)O)=C(C)N1C. The summed E-state index contributed by atoms with van der Waals surface area (Å²) < 4.78 is 5.42. The third-order valence-electron chi connectivity index (χ3n) is 6.93. The van der Waals surface area contributed by atoms with Crippen molar-refractivity contribution < 1.29 is 39.7 Å². The molecular formula is C27H30N2O9. The largest absolute Gasteiger partial charge is 0.491 e. The minimum Gasteiger partial charge on any atom is -0.491 e. The topological polar surface area (TPSA) is 171 Å². The van der Waals surface area contributed by atoms with E-state index in [-0.39, 0.29) is 41.8 Å². The maximum absolute atomic E-state index is 12.7. The summed E-state index contributed by atoms with van der Waals surface area (Å²) in [6, 6.07) is 12.2. The molecule has 3 rings (SSSR count). The maximum atomic E-state index is 12.7. The molecule has 0 radical (unpaired) electrons. The predicted octanol–water partition coefficient (Wildman–Crippen LogP) is 2.86. The van der Waals surface area contributed by atoms with Crippen LogP contribution in [0.3, 0.4) is 0 Å². The smallest absolute Gasteiger partial charge is 0.334 e. The van der Waals surface area contributed by atoms with E-state index in [9.17, 15) is 35.0 Å². The van der Waals surface area contributed by atoms with Gasteiger partial charge in [0.15, 0.2) is 0 Å². The zero-order valence-corrected chi connectivity index (χ0v) is 21.2. The van der Waals surface area contributed by atoms with Crippen molar-refractivity contribution in [3.8, 4) is 5.75 Å². The number of ether oxygens (including phenoxy) is 1. The van der Waals surface area contributed by atoms with Gasteiger partial charge in [-0.25, -0.2) is 9.59 Å². The molecule has 0 fully saturated rings. The second kappa shape index (κ2) is 11.4. The first-order valence-electron chi connectivity index (χ1n) is 11.8. The third-order valence-corrected chi connectivity index (χ3v) is 6.93. The minimum atomic E-state index is -1.69. The molecule has 11 nitrogen and oxygen atoms in total. The summed E-state index contributed by atoms with van der Waals surface area (Å²) in [5, 5.41) is 50.7. The summed E-state index contributed by atoms with van der Waals surface area (Å²) in [5.74, 6) is -2.20. The molecule has 4 N–H and O–H groups in total. The lowest BCUT2D eigenvalue weighted by Crippen LogP contribution is -2.45. The number of nitrogens with zero attached hydrogens (tertiary/aromatic N) is 2. The predicted molar refractivity (Wildman–Crippen MR) is 137 cm³/mol. The average Bonchev–Trinajstić information content (AvgIpc) is 2.89. The highest BCUT2D eigenvalue weighted by atomic mass is 16.6. The Bertz CT molecular complexity index is 1260. The van der Waals surface area contributed by atoms with Crippen molar-refractivity contribution in [1.82, 2.24) is 4.90 Å². The van der Waals surface area contributed by atoms with Gasteiger partial charge in [0, 0.05) is 30.6 Å². The van der Waals surface area contributed by atoms with Gasteiger partial charge in [0.05, 0.1) is 28.1 Å². The molecule has 1 unspecified atom stereocenters. The highest BCUT2D eigenvalue weighted by molar-refractivity contribution is 6.00. The van der Waals surface area contributed by atoms with Crippen LogP contribution in [0.25, 0.3) is 0 Å². The zero-order chi connectivity index (χ0) is 28.2. The van der Waals surface area contributed by atoms with Crippen molar-refractivity contribution in [3.63, 3.8) is 0 Å². The molecule has 1 aliphatic heterocycles. The number of aryl methyl sites for hydroxylation is 1. The van der Waals surface area contributed by atoms with E-state index in [4.69, 9.17) is 9.84 Å². The molecule has 1 atom stereocenters. The molecule has 0 saturated carbocycles. The first-order chi connectivity index (χ1) is 17.9. The number of nitro groups is 1. The number of rotatable bonds is 11. The van der Waals surface area contributed by atoms with E-state index in [2.05, 4.69) is 0 Å². The Morgan fingerprint density at radius 2 is 1.63 bits per heavy atom. The van der Waals surface area contributed by atoms with Gasteiger partial charge in [-0.15, -0.1) is 0 Å². The van der Waals surface area contributed by atoms with Crippen LogP contribution in [0.4, 0.5) is 5.69 Å². The molecule has 1 aliphatic rings. The van der Waals surface area contributed by atoms with Crippen molar-refractivity contribution in [2.24, 2.45) is 0 Å². The standard InChI is InChI=1S/C27H30N2O9/c1-16-23(25(32)33)27(24(26(34)35)17(2)28(16)3,19-5-4-6-20(13-19)29(36)37)12-11-18-7-9-22(10-8-18)38-15-21(31)14-30/h4-10,13,21,30-31H,11-12,14-15H2,1-3H3,(H,32,33)(H,34,35). The molecule has 0 aliphatic carbocycles. The molecule has 0 aromatic heterocycles. The van der Waals surface area contributed by atoms with Crippen LogP contribution < -0.4 is 4.74 Å². The van der Waals surface area contributed by atoms with Crippen LogP contribution in [0, 0.1) is 10.1 Å². The van der Waals surface area contributed by atoms with Gasteiger partial charge in [0.2, 0.25) is 0 Å². The number of carboxylic acid groups (broad SMARTS) is 2. The van der Waals surface area contributed by atoms with Crippen LogP contribution in [0.5, 0.6) is 5.75 Å². The van der Waals surface area contributed by atoms with Gasteiger partial charge in [-0.1, -0.05) is 24.3 Å². The van der Waals surface area contributed by atoms with Gasteiger partial charge >= 0.3 is 11.9 Å². The zero-order valence-electron chi connectivity index (χ0n) is 21.2. The Kier molecular flexibility index (Phi) is 8.54. The van der Waals surface area contributed by atoms with Gasteiger partial charge in [-0.05, 0) is 49.9 Å². The van der Waals surface area contributed by atoms with Crippen LogP contribution in [-0.4, -0.2) is 68.6 Å². The molecule has 11 heteroatoms. The van der Waals surface area contributed by atoms with Crippen LogP contribution in [-0.2, 0) is 21.4 Å². The van der Waals surface area contributed by atoms with Crippen molar-refractivity contribution in [3.05, 3.63) is 92.3 Å². The van der Waals surface area contributed by atoms with Crippen LogP contribution >= 0.6 is 0 Å². The molecule has 38 heavy (non-hydrogen) atoms. The lowest BCUT2D eigenvalue weighted by atomic mass is 9.62. The molecule has 2 aromatic rings. The lowest BCUT2D eigenvalue weighted by Gasteiger charge is -2.44. The molecule has 1 heterocycles. The highest BCUT2D eigenvalue weighted by Crippen LogP contribution is 2.50. The number of carboxylic acids is 2. The summed E-state index contributed by atoms with van der Waals surface area (Å²) in [5.41, 5.74) is -0.694. The summed E-state index contributed by atoms with van der Waals surface area (Å²) in [7, 11) is 1.58. The number of hydrogen-bond acceptors (Lipinski definition) is 8. The number of non-ortho nitro benzene ring substituents is 1. The van der Waals surface area contributed by atoms with Gasteiger partial charge in [-0.3, -0.25) is 10.1 Å². The van der Waals surface area contributed by atoms with Crippen LogP contribution in [0.2, 0.25) is 0 Å². The number of benzene rings is 2. The minimum absolute atomic E-state index is 0.00336. The summed E-state index contributed by atoms with van der Waals surface area (Å²) >= 11 is 0. The Labute approximate surface area is 219 Å². The maximum Gasteiger partial charge on any atom is 0.334 e. The summed E-state index contributed by atoms with van der Waals surface area (Å²) in [4.78, 5) is 37.9. The molecule has 2 aromatic carbocycles. The molecule has 0 amide bonds. The number of allylic oxidation sites excluding steroid dienone is 2. The van der Waals surface area contributed by atoms with Crippen LogP contribution in [0.15, 0.2) is 71.1 Å². The van der Waals surface area contributed by atoms with Crippen molar-refractivity contribution >= 4 is 17.6 Å². The number of hydrogen-bond donors (Lipinski definition) is 4. The van der Waals surface area contributed by atoms with E-state index < -0.39 is 35.0 Å². The van der Waals surface area contributed by atoms with Crippen molar-refractivity contribution in [2.75, 3.05) is 20.3 Å². The van der Waals surface area contributed by atoms with Crippen molar-refractivity contribution in [1.29, 1.82) is 0 Å². The second-order valence-electron chi connectivity index (χ2n) is 9.09. The molecular weight excluding hydrogens is 496 g/mol. The third kappa shape index (κ3) is 5.38. The lowest BCUT2D eigenvalue weighted by molar-refractivity contribution is -0.385. The van der Waals surface area contributed by atoms with E-state index in [1.165, 1.54) is 29.2 Å². The van der Waals surface area contributed by atoms with E-state index >= 15 is 0 Å². The number of nitro benzene ring substituents is 1. The highest BCUT2D eigenvalue weighted by Gasteiger charge is 2.51. The molecule has 0 spiro atoms. The van der Waals surface area contributed by atoms with Crippen LogP contribution in [0.1, 0.15) is 31.4 Å². The Morgan fingerprint density at radius 3 is 2.13 bits per heavy atom. The fourth-order valence-electron chi connectivity index (χ4n) is 4.90. The van der Waals surface area contributed by atoms with E-state index in [0.29, 0.717) is 17.1 Å². The van der Waals surface area contributed by atoms with E-state index in [0.717, 1.165) is 5.56 Å². The number of aliphatic hydroxyl groups excluding tert-OH is 2. The fourth-order valence-corrected chi connectivity index (χ4v) is 4.90. The normalized spacial score (nSPS) is 15.9. The quantitative estimate of drug-likeness (QED) is 0.252. The van der Waals surface area contributed by atoms with E-state index in [1.807, 2.05) is 0 Å². The summed E-state index contributed by atoms with van der Waals surface area (Å²) in [6.45, 7) is 2.64. The molecule has 202 valence electrons. The first-order valence-corrected chi connectivity index (χ1v) is 11.8. The molecule has 0 saturated heterocycles. The fraction of sp³-hybridized carbons (Fsp3) is 0.333.